The van der Waals surface area contributed by atoms with Crippen molar-refractivity contribution in [2.45, 2.75) is 0 Å². The third kappa shape index (κ3) is 13.7. The molecule has 0 radical (unpaired) electrons. The molecule has 0 bridgehead atoms. The lowest BCUT2D eigenvalue weighted by Crippen LogP contribution is -2.39. The lowest BCUT2D eigenvalue weighted by molar-refractivity contribution is -0.394. The summed E-state index contributed by atoms with van der Waals surface area (Å²) < 4.78 is 2.20. The van der Waals surface area contributed by atoms with Crippen molar-refractivity contribution in [1.29, 1.82) is 0 Å². The van der Waals surface area contributed by atoms with Gasteiger partial charge in [0.25, 0.3) is 22.7 Å². The minimum atomic E-state index is -1.71. The fourth-order valence-corrected chi connectivity index (χ4v) is 3.35. The van der Waals surface area contributed by atoms with E-state index in [2.05, 4.69) is 43.3 Å². The second kappa shape index (κ2) is 18.2. The second-order valence-corrected chi connectivity index (χ2v) is 10.2. The molecule has 0 amide bonds. The van der Waals surface area contributed by atoms with E-state index in [-0.39, 0.29) is 0 Å². The Morgan fingerprint density at radius 2 is 0.696 bits per heavy atom. The van der Waals surface area contributed by atoms with Crippen molar-refractivity contribution in [2.24, 2.45) is 0 Å². The zero-order chi connectivity index (χ0) is 35.1. The molecular formula is C26H20Br2N6O12. The largest absolute Gasteiger partial charge is 0.545 e. The van der Waals surface area contributed by atoms with Crippen LogP contribution >= 0.6 is 31.9 Å². The number of halogens is 2. The number of nitrogens with zero attached hydrogens (tertiary/aromatic N) is 4. The van der Waals surface area contributed by atoms with Crippen LogP contribution < -0.4 is 21.7 Å². The highest BCUT2D eigenvalue weighted by atomic mass is 79.9. The first-order valence-corrected chi connectivity index (χ1v) is 13.4. The van der Waals surface area contributed by atoms with Gasteiger partial charge in [-0.3, -0.25) is 40.5 Å². The Morgan fingerprint density at radius 1 is 0.478 bits per heavy atom. The molecule has 0 aromatic heterocycles. The molecule has 20 heteroatoms. The molecule has 0 atom stereocenters. The summed E-state index contributed by atoms with van der Waals surface area (Å²) in [5.41, 5.74) is 5.72. The zero-order valence-electron chi connectivity index (χ0n) is 22.9. The lowest BCUT2D eigenvalue weighted by atomic mass is 10.2. The normalized spacial score (nSPS) is 9.48. The molecule has 0 saturated heterocycles. The summed E-state index contributed by atoms with van der Waals surface area (Å²) in [4.78, 5) is 58.4. The summed E-state index contributed by atoms with van der Waals surface area (Å²) in [5.74, 6) is -3.41. The Labute approximate surface area is 273 Å². The van der Waals surface area contributed by atoms with E-state index in [0.717, 1.165) is 20.3 Å². The van der Waals surface area contributed by atoms with Crippen LogP contribution in [0.4, 0.5) is 34.1 Å². The van der Waals surface area contributed by atoms with Gasteiger partial charge in [-0.15, -0.1) is 0 Å². The summed E-state index contributed by atoms with van der Waals surface area (Å²) in [7, 11) is 0. The first-order valence-electron chi connectivity index (χ1n) is 11.9. The quantitative estimate of drug-likeness (QED) is 0.211. The van der Waals surface area contributed by atoms with Gasteiger partial charge in [-0.05, 0) is 48.5 Å². The number of hydrogen-bond donors (Lipinski definition) is 2. The number of non-ortho nitro benzene ring substituents is 4. The van der Waals surface area contributed by atoms with Crippen LogP contribution in [0.5, 0.6) is 0 Å². The average molecular weight is 768 g/mol. The number of carbonyl (C=O) groups is 2. The highest BCUT2D eigenvalue weighted by molar-refractivity contribution is 9.10. The predicted octanol–water partition coefficient (Wildman–Crippen LogP) is 2.38. The Kier molecular flexibility index (Phi) is 15.2. The summed E-state index contributed by atoms with van der Waals surface area (Å²) in [6.45, 7) is 0. The fourth-order valence-electron chi connectivity index (χ4n) is 2.82. The van der Waals surface area contributed by atoms with Crippen molar-refractivity contribution >= 4 is 77.9 Å². The van der Waals surface area contributed by atoms with E-state index in [1.165, 1.54) is 0 Å². The van der Waals surface area contributed by atoms with Gasteiger partial charge in [0, 0.05) is 44.3 Å². The maximum atomic E-state index is 10.4. The van der Waals surface area contributed by atoms with Gasteiger partial charge in [0.2, 0.25) is 0 Å². The zero-order valence-corrected chi connectivity index (χ0v) is 26.1. The van der Waals surface area contributed by atoms with Crippen LogP contribution in [-0.4, -0.2) is 31.6 Å². The molecule has 4 aromatic rings. The molecule has 6 N–H and O–H groups in total. The third-order valence-corrected chi connectivity index (χ3v) is 6.00. The standard InChI is InChI=1S/2C7H4N2O6.2C6H6BrN/c2*10-7(11)4-1-5(8(12)13)3-6(2-4)9(14)15;2*7-5-1-3-6(8)4-2-5/h2*1-3H,(H,10,11);2*1-4H,8H2. The molecule has 0 aliphatic rings. The molecule has 0 unspecified atom stereocenters. The second-order valence-electron chi connectivity index (χ2n) is 8.33. The minimum absolute atomic E-state index is 0.601. The number of carboxylic acid groups (broad SMARTS) is 2. The Hall–Kier alpha value is -5.70. The van der Waals surface area contributed by atoms with Crippen LogP contribution in [0, 0.1) is 40.5 Å². The van der Waals surface area contributed by atoms with E-state index < -0.39 is 65.5 Å². The summed E-state index contributed by atoms with van der Waals surface area (Å²) in [6.07, 6.45) is 0. The molecule has 0 aliphatic heterocycles. The van der Waals surface area contributed by atoms with Gasteiger partial charge in [-0.2, -0.15) is 0 Å². The predicted molar refractivity (Wildman–Crippen MR) is 162 cm³/mol. The van der Waals surface area contributed by atoms with E-state index in [9.17, 15) is 60.3 Å². The number of carbonyl (C=O) groups excluding carboxylic acids is 2. The van der Waals surface area contributed by atoms with Crippen molar-refractivity contribution in [1.82, 2.24) is 0 Å². The van der Waals surface area contributed by atoms with Crippen molar-refractivity contribution < 1.29 is 51.0 Å². The number of quaternary nitrogens is 2. The molecule has 0 saturated carbocycles. The number of rotatable bonds is 6. The summed E-state index contributed by atoms with van der Waals surface area (Å²) >= 11 is 6.64. The summed E-state index contributed by atoms with van der Waals surface area (Å²) in [5, 5.41) is 62.1. The summed E-state index contributed by atoms with van der Waals surface area (Å²) in [6, 6.07) is 19.9. The molecule has 0 aliphatic carbocycles. The number of nitro benzene ring substituents is 4. The minimum Gasteiger partial charge on any atom is -0.545 e. The first kappa shape index (κ1) is 38.3. The molecular weight excluding hydrogens is 748 g/mol. The first-order chi connectivity index (χ1) is 21.4. The van der Waals surface area contributed by atoms with Gasteiger partial charge in [0.1, 0.15) is 11.4 Å². The van der Waals surface area contributed by atoms with Gasteiger partial charge in [0.15, 0.2) is 0 Å². The molecule has 240 valence electrons. The number of hydrogen-bond acceptors (Lipinski definition) is 12. The Morgan fingerprint density at radius 3 is 0.848 bits per heavy atom. The lowest BCUT2D eigenvalue weighted by Gasteiger charge is -2.01. The van der Waals surface area contributed by atoms with Crippen LogP contribution in [0.3, 0.4) is 0 Å². The molecule has 0 heterocycles. The third-order valence-electron chi connectivity index (χ3n) is 4.95. The molecule has 46 heavy (non-hydrogen) atoms. The van der Waals surface area contributed by atoms with Crippen LogP contribution in [0.2, 0.25) is 0 Å². The van der Waals surface area contributed by atoms with Crippen LogP contribution in [-0.2, 0) is 0 Å². The number of aromatic carboxylic acids is 2. The molecule has 0 spiro atoms. The Bertz CT molecular complexity index is 1420. The van der Waals surface area contributed by atoms with E-state index in [4.69, 9.17) is 0 Å². The van der Waals surface area contributed by atoms with Crippen molar-refractivity contribution in [3.8, 4) is 0 Å². The van der Waals surface area contributed by atoms with Gasteiger partial charge < -0.3 is 31.3 Å². The fraction of sp³-hybridized carbons (Fsp3) is 0. The van der Waals surface area contributed by atoms with Gasteiger partial charge in [0.05, 0.1) is 43.8 Å². The van der Waals surface area contributed by atoms with Crippen LogP contribution in [0.25, 0.3) is 0 Å². The number of benzene rings is 4. The average Bonchev–Trinajstić information content (AvgIpc) is 3.00. The topological polar surface area (TPSA) is 308 Å². The highest BCUT2D eigenvalue weighted by Gasteiger charge is 2.17. The Balaban J connectivity index is 0.000000319. The van der Waals surface area contributed by atoms with Crippen LogP contribution in [0.1, 0.15) is 20.7 Å². The number of nitro groups is 4. The molecule has 18 nitrogen and oxygen atoms in total. The van der Waals surface area contributed by atoms with E-state index in [0.29, 0.717) is 36.4 Å². The van der Waals surface area contributed by atoms with Gasteiger partial charge >= 0.3 is 0 Å². The number of carboxylic acids is 2. The smallest absolute Gasteiger partial charge is 0.276 e. The highest BCUT2D eigenvalue weighted by Crippen LogP contribution is 2.23. The van der Waals surface area contributed by atoms with Gasteiger partial charge in [-0.1, -0.05) is 31.9 Å². The molecule has 4 rings (SSSR count). The van der Waals surface area contributed by atoms with Crippen LogP contribution in [0.15, 0.2) is 93.9 Å². The maximum Gasteiger partial charge on any atom is 0.276 e. The molecule has 0 fully saturated rings. The van der Waals surface area contributed by atoms with E-state index in [1.807, 2.05) is 48.5 Å². The van der Waals surface area contributed by atoms with Crippen molar-refractivity contribution in [2.75, 3.05) is 0 Å². The van der Waals surface area contributed by atoms with Gasteiger partial charge in [-0.25, -0.2) is 0 Å². The van der Waals surface area contributed by atoms with E-state index in [1.54, 1.807) is 0 Å². The van der Waals surface area contributed by atoms with Crippen molar-refractivity contribution in [3.63, 3.8) is 0 Å². The van der Waals surface area contributed by atoms with Crippen molar-refractivity contribution in [3.05, 3.63) is 145 Å². The van der Waals surface area contributed by atoms with E-state index >= 15 is 0 Å². The monoisotopic (exact) mass is 766 g/mol. The SMILES string of the molecule is O=C([O-])c1cc([N+](=O)[O-])cc([N+](=O)[O-])c1.O=C([O-])c1cc([N+](=O)[O-])cc([N+](=O)[O-])c1.[NH3+]c1ccc(Br)cc1.[NH3+]c1ccc(Br)cc1. The molecule has 4 aromatic carbocycles. The maximum absolute atomic E-state index is 10.4.